The van der Waals surface area contributed by atoms with E-state index >= 15 is 0 Å². The molecule has 0 spiro atoms. The molecule has 1 unspecified atom stereocenters. The summed E-state index contributed by atoms with van der Waals surface area (Å²) in [7, 11) is 1.35. The number of esters is 2. The van der Waals surface area contributed by atoms with Gasteiger partial charge in [-0.1, -0.05) is 13.8 Å². The Hall–Kier alpha value is -1.14. The summed E-state index contributed by atoms with van der Waals surface area (Å²) in [4.78, 5) is 23.5. The molecule has 0 bridgehead atoms. The minimum atomic E-state index is -0.386. The quantitative estimate of drug-likeness (QED) is 0.590. The molecule has 142 valence electrons. The Labute approximate surface area is 146 Å². The zero-order valence-electron chi connectivity index (χ0n) is 15.3. The number of nitrogens with one attached hydrogen (secondary N) is 1. The molecule has 1 rings (SSSR count). The van der Waals surface area contributed by atoms with Crippen LogP contribution in [0.4, 0.5) is 0 Å². The Morgan fingerprint density at radius 2 is 1.83 bits per heavy atom. The predicted molar refractivity (Wildman–Crippen MR) is 93.5 cm³/mol. The van der Waals surface area contributed by atoms with Crippen LogP contribution in [0.2, 0.25) is 0 Å². The van der Waals surface area contributed by atoms with Crippen molar-refractivity contribution in [2.75, 3.05) is 26.9 Å². The Balaban J connectivity index is 0.00000576. The molecule has 0 radical (unpaired) electrons. The molecule has 2 N–H and O–H groups in total. The lowest BCUT2D eigenvalue weighted by Gasteiger charge is -2.27. The Morgan fingerprint density at radius 1 is 1.21 bits per heavy atom. The van der Waals surface area contributed by atoms with E-state index in [1.807, 2.05) is 0 Å². The maximum absolute atomic E-state index is 12.3. The zero-order valence-corrected chi connectivity index (χ0v) is 15.3. The van der Waals surface area contributed by atoms with Crippen molar-refractivity contribution in [1.29, 1.82) is 0 Å². The van der Waals surface area contributed by atoms with Gasteiger partial charge in [0.15, 0.2) is 0 Å². The van der Waals surface area contributed by atoms with Crippen molar-refractivity contribution in [1.82, 2.24) is 5.32 Å². The molecule has 0 heterocycles. The highest BCUT2D eigenvalue weighted by atomic mass is 16.5. The minimum Gasteiger partial charge on any atom is -0.469 e. The van der Waals surface area contributed by atoms with E-state index in [0.29, 0.717) is 37.3 Å². The fourth-order valence-electron chi connectivity index (χ4n) is 3.07. The van der Waals surface area contributed by atoms with E-state index in [-0.39, 0.29) is 32.4 Å². The molecule has 1 atom stereocenters. The number of hydrogen-bond donors (Lipinski definition) is 2. The van der Waals surface area contributed by atoms with Gasteiger partial charge in [0.2, 0.25) is 0 Å². The summed E-state index contributed by atoms with van der Waals surface area (Å²) >= 11 is 0. The van der Waals surface area contributed by atoms with Gasteiger partial charge in [-0.25, -0.2) is 0 Å². The molecule has 0 amide bonds. The van der Waals surface area contributed by atoms with E-state index in [1.54, 1.807) is 0 Å². The van der Waals surface area contributed by atoms with Crippen LogP contribution in [-0.2, 0) is 19.1 Å². The van der Waals surface area contributed by atoms with Gasteiger partial charge in [-0.05, 0) is 49.9 Å². The van der Waals surface area contributed by atoms with Crippen LogP contribution in [-0.4, -0.2) is 50.0 Å². The molecule has 1 aliphatic carbocycles. The van der Waals surface area contributed by atoms with Crippen LogP contribution in [0, 0.1) is 17.8 Å². The molecule has 0 aromatic heterocycles. The molecule has 0 aromatic rings. The van der Waals surface area contributed by atoms with Crippen LogP contribution in [0.15, 0.2) is 0 Å². The van der Waals surface area contributed by atoms with E-state index in [0.717, 1.165) is 25.7 Å². The normalized spacial score (nSPS) is 22.2. The largest absolute Gasteiger partial charge is 0.469 e. The lowest BCUT2D eigenvalue weighted by Crippen LogP contribution is -2.41. The summed E-state index contributed by atoms with van der Waals surface area (Å²) in [5.41, 5.74) is 0. The number of methoxy groups -OCH3 is 1. The van der Waals surface area contributed by atoms with Crippen molar-refractivity contribution in [3.05, 3.63) is 0 Å². The maximum Gasteiger partial charge on any atom is 0.323 e. The Bertz CT molecular complexity index is 384. The van der Waals surface area contributed by atoms with Gasteiger partial charge in [0, 0.05) is 14.6 Å². The number of rotatable bonds is 10. The van der Waals surface area contributed by atoms with Crippen molar-refractivity contribution in [2.24, 2.45) is 17.8 Å². The van der Waals surface area contributed by atoms with Crippen LogP contribution in [0.1, 0.15) is 53.8 Å². The fourth-order valence-corrected chi connectivity index (χ4v) is 3.07. The average molecular weight is 345 g/mol. The van der Waals surface area contributed by atoms with Gasteiger partial charge in [-0.15, -0.1) is 0 Å². The lowest BCUT2D eigenvalue weighted by molar-refractivity contribution is -0.149. The van der Waals surface area contributed by atoms with Gasteiger partial charge >= 0.3 is 11.9 Å². The second-order valence-corrected chi connectivity index (χ2v) is 7.16. The highest BCUT2D eigenvalue weighted by molar-refractivity contribution is 5.76. The van der Waals surface area contributed by atoms with Crippen molar-refractivity contribution in [3.8, 4) is 0 Å². The molecular formula is C18H35NO5. The number of aliphatic hydroxyl groups excluding tert-OH is 1. The fraction of sp³-hybridized carbons (Fsp3) is 0.889. The van der Waals surface area contributed by atoms with Crippen molar-refractivity contribution >= 4 is 11.9 Å². The highest BCUT2D eigenvalue weighted by Gasteiger charge is 2.25. The molecule has 0 aromatic carbocycles. The lowest BCUT2D eigenvalue weighted by atomic mass is 9.83. The summed E-state index contributed by atoms with van der Waals surface area (Å²) in [6, 6.07) is -0.386. The van der Waals surface area contributed by atoms with Gasteiger partial charge in [-0.3, -0.25) is 9.59 Å². The number of hydrogen-bond acceptors (Lipinski definition) is 6. The topological polar surface area (TPSA) is 84.9 Å². The standard InChI is InChI=1S/C18H33NO5.H2/c1-13(2)10-16(19-9-8-17(21)23-3)18(22)24-12-15-6-4-14(11-20)5-7-15;/h13-16,19-20H,4-12H2,1-3H3;1H. The van der Waals surface area contributed by atoms with E-state index in [9.17, 15) is 9.59 Å². The molecule has 1 fully saturated rings. The smallest absolute Gasteiger partial charge is 0.323 e. The second-order valence-electron chi connectivity index (χ2n) is 7.16. The van der Waals surface area contributed by atoms with Gasteiger partial charge in [-0.2, -0.15) is 0 Å². The Kier molecular flexibility index (Phi) is 9.95. The van der Waals surface area contributed by atoms with Gasteiger partial charge < -0.3 is 19.9 Å². The first-order chi connectivity index (χ1) is 11.5. The maximum atomic E-state index is 12.3. The SMILES string of the molecule is COC(=O)CCNC(CC(C)C)C(=O)OCC1CCC(CO)CC1.[HH]. The van der Waals surface area contributed by atoms with Crippen molar-refractivity contribution < 1.29 is 25.6 Å². The monoisotopic (exact) mass is 345 g/mol. The third kappa shape index (κ3) is 8.11. The first-order valence-electron chi connectivity index (χ1n) is 9.03. The summed E-state index contributed by atoms with van der Waals surface area (Å²) in [5, 5.41) is 12.3. The molecule has 0 aliphatic heterocycles. The molecule has 1 saturated carbocycles. The molecule has 0 saturated heterocycles. The van der Waals surface area contributed by atoms with E-state index in [1.165, 1.54) is 7.11 Å². The second kappa shape index (κ2) is 11.4. The van der Waals surface area contributed by atoms with Crippen molar-refractivity contribution in [2.45, 2.75) is 58.4 Å². The highest BCUT2D eigenvalue weighted by Crippen LogP contribution is 2.28. The van der Waals surface area contributed by atoms with Crippen LogP contribution in [0.5, 0.6) is 0 Å². The zero-order chi connectivity index (χ0) is 17.9. The Morgan fingerprint density at radius 3 is 2.38 bits per heavy atom. The summed E-state index contributed by atoms with van der Waals surface area (Å²) in [6.07, 6.45) is 4.93. The summed E-state index contributed by atoms with van der Waals surface area (Å²) < 4.78 is 10.1. The molecule has 6 heteroatoms. The molecular weight excluding hydrogens is 310 g/mol. The number of ether oxygens (including phenoxy) is 2. The summed E-state index contributed by atoms with van der Waals surface area (Å²) in [6.45, 7) is 5.22. The van der Waals surface area contributed by atoms with Crippen LogP contribution < -0.4 is 5.32 Å². The third-order valence-corrected chi connectivity index (χ3v) is 4.62. The average Bonchev–Trinajstić information content (AvgIpc) is 2.58. The van der Waals surface area contributed by atoms with Crippen LogP contribution in [0.3, 0.4) is 0 Å². The van der Waals surface area contributed by atoms with E-state index in [2.05, 4.69) is 23.9 Å². The molecule has 6 nitrogen and oxygen atoms in total. The number of carbonyl (C=O) groups excluding carboxylic acids is 2. The van der Waals surface area contributed by atoms with Crippen molar-refractivity contribution in [3.63, 3.8) is 0 Å². The summed E-state index contributed by atoms with van der Waals surface area (Å²) in [5.74, 6) is 0.628. The van der Waals surface area contributed by atoms with E-state index in [4.69, 9.17) is 9.84 Å². The number of carbonyl (C=O) groups is 2. The molecule has 1 aliphatic rings. The van der Waals surface area contributed by atoms with Gasteiger partial charge in [0.05, 0.1) is 20.1 Å². The van der Waals surface area contributed by atoms with Crippen LogP contribution in [0.25, 0.3) is 0 Å². The first kappa shape index (κ1) is 20.9. The third-order valence-electron chi connectivity index (χ3n) is 4.62. The first-order valence-corrected chi connectivity index (χ1v) is 9.03. The predicted octanol–water partition coefficient (Wildman–Crippen LogP) is 2.14. The molecule has 24 heavy (non-hydrogen) atoms. The number of aliphatic hydroxyl groups is 1. The minimum absolute atomic E-state index is 0. The van der Waals surface area contributed by atoms with Crippen LogP contribution >= 0.6 is 0 Å². The van der Waals surface area contributed by atoms with Gasteiger partial charge in [0.25, 0.3) is 0 Å². The van der Waals surface area contributed by atoms with E-state index < -0.39 is 0 Å². The van der Waals surface area contributed by atoms with Gasteiger partial charge in [0.1, 0.15) is 6.04 Å².